The lowest BCUT2D eigenvalue weighted by molar-refractivity contribution is -0.169. The highest BCUT2D eigenvalue weighted by atomic mass is 16.6. The van der Waals surface area contributed by atoms with Gasteiger partial charge >= 0.3 is 11.9 Å². The molecule has 0 saturated carbocycles. The number of hydrogen-bond donors (Lipinski definition) is 2. The Hall–Kier alpha value is -1.83. The van der Waals surface area contributed by atoms with Crippen molar-refractivity contribution < 1.29 is 23.8 Å². The molecule has 0 aliphatic carbocycles. The first-order valence-electron chi connectivity index (χ1n) is 7.59. The molecular weight excluding hydrogens is 302 g/mol. The van der Waals surface area contributed by atoms with Gasteiger partial charge in [0.2, 0.25) is 0 Å². The van der Waals surface area contributed by atoms with Crippen LogP contribution in [-0.2, 0) is 23.8 Å². The summed E-state index contributed by atoms with van der Waals surface area (Å²) in [6, 6.07) is 0. The van der Waals surface area contributed by atoms with E-state index in [1.54, 1.807) is 20.8 Å². The zero-order valence-corrected chi connectivity index (χ0v) is 14.6. The minimum absolute atomic E-state index is 0.0339. The normalized spacial score (nSPS) is 13.5. The summed E-state index contributed by atoms with van der Waals surface area (Å²) in [5.74, 6) is -1.25. The van der Waals surface area contributed by atoms with Crippen molar-refractivity contribution in [2.45, 2.75) is 40.7 Å². The number of aliphatic imine (C=N–C) groups is 1. The summed E-state index contributed by atoms with van der Waals surface area (Å²) in [6.45, 7) is 8.94. The molecule has 0 saturated heterocycles. The van der Waals surface area contributed by atoms with Crippen molar-refractivity contribution in [1.29, 1.82) is 0 Å². The summed E-state index contributed by atoms with van der Waals surface area (Å²) in [6.07, 6.45) is -0.0652. The summed E-state index contributed by atoms with van der Waals surface area (Å²) in [5, 5.41) is 0. The van der Waals surface area contributed by atoms with Crippen molar-refractivity contribution in [1.82, 2.24) is 0 Å². The molecule has 0 aromatic heterocycles. The predicted octanol–water partition coefficient (Wildman–Crippen LogP) is 0.434. The van der Waals surface area contributed by atoms with Crippen LogP contribution >= 0.6 is 0 Å². The van der Waals surface area contributed by atoms with Gasteiger partial charge < -0.3 is 25.7 Å². The lowest BCUT2D eigenvalue weighted by atomic mass is 9.93. The number of carbonyl (C=O) groups is 2. The van der Waals surface area contributed by atoms with E-state index in [-0.39, 0.29) is 50.3 Å². The second-order valence-electron chi connectivity index (χ2n) is 6.13. The van der Waals surface area contributed by atoms with Crippen molar-refractivity contribution >= 4 is 17.9 Å². The van der Waals surface area contributed by atoms with Crippen LogP contribution in [0.4, 0.5) is 0 Å². The molecule has 4 N–H and O–H groups in total. The molecule has 134 valence electrons. The number of esters is 2. The van der Waals surface area contributed by atoms with Crippen molar-refractivity contribution in [3.8, 4) is 0 Å². The molecule has 0 radical (unpaired) electrons. The van der Waals surface area contributed by atoms with Crippen LogP contribution in [0.25, 0.3) is 0 Å². The Morgan fingerprint density at radius 1 is 1.09 bits per heavy atom. The molecule has 23 heavy (non-hydrogen) atoms. The van der Waals surface area contributed by atoms with E-state index in [1.807, 2.05) is 13.8 Å². The average molecular weight is 331 g/mol. The van der Waals surface area contributed by atoms with E-state index in [1.165, 1.54) is 0 Å². The lowest BCUT2D eigenvalue weighted by Gasteiger charge is -2.27. The minimum atomic E-state index is -1.09. The Labute approximate surface area is 137 Å². The summed E-state index contributed by atoms with van der Waals surface area (Å²) in [4.78, 5) is 27.7. The molecule has 0 aromatic rings. The molecule has 0 aliphatic rings. The molecule has 8 nitrogen and oxygen atoms in total. The van der Waals surface area contributed by atoms with Crippen LogP contribution in [0.5, 0.6) is 0 Å². The van der Waals surface area contributed by atoms with E-state index in [2.05, 4.69) is 4.99 Å². The van der Waals surface area contributed by atoms with Gasteiger partial charge in [0, 0.05) is 0 Å². The average Bonchev–Trinajstić information content (AvgIpc) is 2.46. The zero-order valence-electron chi connectivity index (χ0n) is 14.6. The molecule has 0 aliphatic heterocycles. The molecule has 1 atom stereocenters. The minimum Gasteiger partial charge on any atom is -0.464 e. The highest BCUT2D eigenvalue weighted by Gasteiger charge is 2.37. The van der Waals surface area contributed by atoms with E-state index >= 15 is 0 Å². The van der Waals surface area contributed by atoms with E-state index < -0.39 is 11.4 Å². The number of ether oxygens (including phenoxy) is 3. The molecular formula is C15H29N3O5. The maximum atomic E-state index is 12.3. The summed E-state index contributed by atoms with van der Waals surface area (Å²) >= 11 is 0. The van der Waals surface area contributed by atoms with Gasteiger partial charge in [0.15, 0.2) is 5.96 Å². The number of nitrogens with zero attached hydrogens (tertiary/aromatic N) is 1. The molecule has 0 rings (SSSR count). The largest absolute Gasteiger partial charge is 0.464 e. The molecule has 0 fully saturated rings. The van der Waals surface area contributed by atoms with Crippen molar-refractivity contribution in [3.05, 3.63) is 0 Å². The van der Waals surface area contributed by atoms with Gasteiger partial charge in [0.1, 0.15) is 18.6 Å². The zero-order chi connectivity index (χ0) is 18.0. The van der Waals surface area contributed by atoms with Crippen molar-refractivity contribution in [2.75, 3.05) is 26.4 Å². The van der Waals surface area contributed by atoms with Gasteiger partial charge in [-0.25, -0.2) is 0 Å². The fraction of sp³-hybridized carbons (Fsp3) is 0.800. The predicted molar refractivity (Wildman–Crippen MR) is 86.6 cm³/mol. The van der Waals surface area contributed by atoms with Gasteiger partial charge in [0.25, 0.3) is 0 Å². The van der Waals surface area contributed by atoms with Gasteiger partial charge in [-0.3, -0.25) is 14.6 Å². The number of guanidine groups is 1. The topological polar surface area (TPSA) is 126 Å². The third kappa shape index (κ3) is 9.02. The molecule has 0 aromatic carbocycles. The Bertz CT molecular complexity index is 419. The molecule has 1 unspecified atom stereocenters. The number of carbonyl (C=O) groups excluding carboxylic acids is 2. The van der Waals surface area contributed by atoms with Crippen molar-refractivity contribution in [2.24, 2.45) is 27.8 Å². The van der Waals surface area contributed by atoms with Crippen LogP contribution in [0.2, 0.25) is 0 Å². The summed E-state index contributed by atoms with van der Waals surface area (Å²) < 4.78 is 15.8. The fourth-order valence-electron chi connectivity index (χ4n) is 1.39. The molecule has 0 heterocycles. The first kappa shape index (κ1) is 21.2. The van der Waals surface area contributed by atoms with Gasteiger partial charge in [-0.1, -0.05) is 13.8 Å². The second kappa shape index (κ2) is 10.0. The van der Waals surface area contributed by atoms with E-state index in [9.17, 15) is 9.59 Å². The molecule has 0 bridgehead atoms. The second-order valence-corrected chi connectivity index (χ2v) is 6.13. The van der Waals surface area contributed by atoms with E-state index in [0.29, 0.717) is 0 Å². The summed E-state index contributed by atoms with van der Waals surface area (Å²) in [5.41, 5.74) is 9.30. The van der Waals surface area contributed by atoms with E-state index in [0.717, 1.165) is 0 Å². The first-order chi connectivity index (χ1) is 10.6. The highest BCUT2D eigenvalue weighted by molar-refractivity contribution is 5.78. The van der Waals surface area contributed by atoms with Crippen LogP contribution in [0.3, 0.4) is 0 Å². The fourth-order valence-corrected chi connectivity index (χ4v) is 1.39. The van der Waals surface area contributed by atoms with Gasteiger partial charge in [0.05, 0.1) is 25.2 Å². The number of hydrogen-bond acceptors (Lipinski definition) is 6. The van der Waals surface area contributed by atoms with Crippen LogP contribution in [0.1, 0.15) is 34.6 Å². The first-order valence-corrected chi connectivity index (χ1v) is 7.59. The van der Waals surface area contributed by atoms with Crippen LogP contribution < -0.4 is 11.5 Å². The standard InChI is InChI=1S/C15H29N3O5/c1-10(2)12(19)23-9-15(5,8-22-11(3)4)13(20)21-7-6-18-14(16)17/h10-11H,6-9H2,1-5H3,(H4,16,17,18). The Balaban J connectivity index is 4.71. The van der Waals surface area contributed by atoms with Crippen LogP contribution in [0.15, 0.2) is 4.99 Å². The van der Waals surface area contributed by atoms with E-state index in [4.69, 9.17) is 25.7 Å². The Morgan fingerprint density at radius 2 is 1.70 bits per heavy atom. The smallest absolute Gasteiger partial charge is 0.317 e. The monoisotopic (exact) mass is 331 g/mol. The molecule has 0 amide bonds. The third-order valence-corrected chi connectivity index (χ3v) is 2.85. The maximum Gasteiger partial charge on any atom is 0.317 e. The lowest BCUT2D eigenvalue weighted by Crippen LogP contribution is -2.41. The molecule has 8 heteroatoms. The highest BCUT2D eigenvalue weighted by Crippen LogP contribution is 2.21. The number of rotatable bonds is 10. The molecule has 0 spiro atoms. The third-order valence-electron chi connectivity index (χ3n) is 2.85. The SMILES string of the molecule is CC(C)OCC(C)(COC(=O)C(C)C)C(=O)OCCN=C(N)N. The van der Waals surface area contributed by atoms with Gasteiger partial charge in [-0.05, 0) is 20.8 Å². The van der Waals surface area contributed by atoms with Gasteiger partial charge in [-0.15, -0.1) is 0 Å². The summed E-state index contributed by atoms with van der Waals surface area (Å²) in [7, 11) is 0. The van der Waals surface area contributed by atoms with Gasteiger partial charge in [-0.2, -0.15) is 0 Å². The quantitative estimate of drug-likeness (QED) is 0.257. The Kier molecular flexibility index (Phi) is 9.24. The van der Waals surface area contributed by atoms with Crippen molar-refractivity contribution in [3.63, 3.8) is 0 Å². The Morgan fingerprint density at radius 3 is 2.17 bits per heavy atom. The number of nitrogens with two attached hydrogens (primary N) is 2. The van der Waals surface area contributed by atoms with Crippen LogP contribution in [-0.4, -0.2) is 50.4 Å². The maximum absolute atomic E-state index is 12.3. The van der Waals surface area contributed by atoms with Crippen LogP contribution in [0, 0.1) is 11.3 Å².